The molecule has 0 saturated heterocycles. The highest BCUT2D eigenvalue weighted by Gasteiger charge is 2.13. The predicted octanol–water partition coefficient (Wildman–Crippen LogP) is 4.18. The summed E-state index contributed by atoms with van der Waals surface area (Å²) in [4.78, 5) is 24.9. The monoisotopic (exact) mass is 447 g/mol. The number of thiocarbonyl (C=S) groups is 1. The molecule has 0 aliphatic heterocycles. The first-order chi connectivity index (χ1) is 15.6. The lowest BCUT2D eigenvalue weighted by atomic mass is 10.1. The first-order valence-corrected chi connectivity index (χ1v) is 10.7. The summed E-state index contributed by atoms with van der Waals surface area (Å²) in [5.74, 6) is 0.0191. The van der Waals surface area contributed by atoms with Gasteiger partial charge in [-0.05, 0) is 55.0 Å². The molecule has 6 nitrogen and oxygen atoms in total. The van der Waals surface area contributed by atoms with Crippen molar-refractivity contribution in [3.8, 4) is 5.75 Å². The Morgan fingerprint density at radius 2 is 1.66 bits per heavy atom. The molecule has 0 unspecified atom stereocenters. The average Bonchev–Trinajstić information content (AvgIpc) is 2.80. The van der Waals surface area contributed by atoms with Crippen LogP contribution in [0.3, 0.4) is 0 Å². The first-order valence-electron chi connectivity index (χ1n) is 10.3. The highest BCUT2D eigenvalue weighted by atomic mass is 32.1. The first kappa shape index (κ1) is 23.0. The minimum Gasteiger partial charge on any atom is -0.493 e. The van der Waals surface area contributed by atoms with Crippen molar-refractivity contribution in [3.63, 3.8) is 0 Å². The van der Waals surface area contributed by atoms with Gasteiger partial charge in [0.25, 0.3) is 11.8 Å². The van der Waals surface area contributed by atoms with Gasteiger partial charge in [0.15, 0.2) is 5.11 Å². The van der Waals surface area contributed by atoms with Gasteiger partial charge in [0.2, 0.25) is 0 Å². The van der Waals surface area contributed by atoms with Crippen LogP contribution in [0.5, 0.6) is 5.75 Å². The summed E-state index contributed by atoms with van der Waals surface area (Å²) < 4.78 is 5.79. The van der Waals surface area contributed by atoms with E-state index in [1.807, 2.05) is 37.3 Å². The molecule has 0 fully saturated rings. The Bertz CT molecular complexity index is 1090. The Hall–Kier alpha value is -3.71. The number of hydrogen-bond acceptors (Lipinski definition) is 4. The van der Waals surface area contributed by atoms with Gasteiger partial charge in [-0.15, -0.1) is 0 Å². The number of carbonyl (C=O) groups excluding carboxylic acids is 2. The molecule has 3 aromatic rings. The average molecular weight is 448 g/mol. The Labute approximate surface area is 193 Å². The molecule has 0 aliphatic rings. The SMILES string of the molecule is CCNC(=O)c1ccccc1NC(=S)NC(=O)c1cccc(OCCc2ccccc2)c1. The zero-order valence-corrected chi connectivity index (χ0v) is 18.6. The number of amides is 2. The molecule has 0 aliphatic carbocycles. The van der Waals surface area contributed by atoms with Crippen molar-refractivity contribution in [2.24, 2.45) is 0 Å². The lowest BCUT2D eigenvalue weighted by molar-refractivity contribution is 0.0954. The molecule has 0 radical (unpaired) electrons. The van der Waals surface area contributed by atoms with Crippen LogP contribution in [0.15, 0.2) is 78.9 Å². The Balaban J connectivity index is 1.57. The fourth-order valence-corrected chi connectivity index (χ4v) is 3.24. The zero-order chi connectivity index (χ0) is 22.8. The molecule has 0 bridgehead atoms. The molecule has 0 aromatic heterocycles. The number of para-hydroxylation sites is 1. The molecule has 2 amide bonds. The van der Waals surface area contributed by atoms with Gasteiger partial charge in [-0.3, -0.25) is 14.9 Å². The summed E-state index contributed by atoms with van der Waals surface area (Å²) in [5.41, 5.74) is 2.57. The maximum atomic E-state index is 12.6. The third kappa shape index (κ3) is 6.65. The smallest absolute Gasteiger partial charge is 0.257 e. The van der Waals surface area contributed by atoms with Gasteiger partial charge in [0.1, 0.15) is 5.75 Å². The third-order valence-electron chi connectivity index (χ3n) is 4.58. The van der Waals surface area contributed by atoms with Gasteiger partial charge >= 0.3 is 0 Å². The predicted molar refractivity (Wildman–Crippen MR) is 130 cm³/mol. The van der Waals surface area contributed by atoms with E-state index >= 15 is 0 Å². The summed E-state index contributed by atoms with van der Waals surface area (Å²) in [6, 6.07) is 23.9. The van der Waals surface area contributed by atoms with E-state index in [0.717, 1.165) is 6.42 Å². The standard InChI is InChI=1S/C25H25N3O3S/c1-2-26-24(30)21-13-6-7-14-22(21)27-25(32)28-23(29)19-11-8-12-20(17-19)31-16-15-18-9-4-3-5-10-18/h3-14,17H,2,15-16H2,1H3,(H,26,30)(H2,27,28,29,32). The van der Waals surface area contributed by atoms with Crippen LogP contribution in [0.2, 0.25) is 0 Å². The summed E-state index contributed by atoms with van der Waals surface area (Å²) in [5, 5.41) is 8.42. The number of ether oxygens (including phenoxy) is 1. The highest BCUT2D eigenvalue weighted by Crippen LogP contribution is 2.16. The second-order valence-electron chi connectivity index (χ2n) is 6.93. The van der Waals surface area contributed by atoms with E-state index in [9.17, 15) is 9.59 Å². The van der Waals surface area contributed by atoms with Crippen molar-refractivity contribution >= 4 is 34.8 Å². The molecular weight excluding hydrogens is 422 g/mol. The van der Waals surface area contributed by atoms with E-state index < -0.39 is 0 Å². The third-order valence-corrected chi connectivity index (χ3v) is 4.79. The summed E-state index contributed by atoms with van der Waals surface area (Å²) in [7, 11) is 0. The summed E-state index contributed by atoms with van der Waals surface area (Å²) in [6.07, 6.45) is 0.774. The van der Waals surface area contributed by atoms with Crippen LogP contribution >= 0.6 is 12.2 Å². The van der Waals surface area contributed by atoms with E-state index in [0.29, 0.717) is 35.7 Å². The molecule has 0 atom stereocenters. The number of nitrogens with one attached hydrogen (secondary N) is 3. The lowest BCUT2D eigenvalue weighted by Crippen LogP contribution is -2.35. The van der Waals surface area contributed by atoms with Gasteiger partial charge < -0.3 is 15.4 Å². The molecule has 3 aromatic carbocycles. The van der Waals surface area contributed by atoms with E-state index in [1.54, 1.807) is 48.5 Å². The normalized spacial score (nSPS) is 10.2. The molecule has 3 rings (SSSR count). The Kier molecular flexibility index (Phi) is 8.34. The molecular formula is C25H25N3O3S. The molecule has 0 saturated carbocycles. The zero-order valence-electron chi connectivity index (χ0n) is 17.8. The second-order valence-corrected chi connectivity index (χ2v) is 7.33. The van der Waals surface area contributed by atoms with Gasteiger partial charge in [0, 0.05) is 18.5 Å². The van der Waals surface area contributed by atoms with Gasteiger partial charge in [0.05, 0.1) is 17.9 Å². The van der Waals surface area contributed by atoms with E-state index in [1.165, 1.54) is 5.56 Å². The number of rotatable bonds is 8. The van der Waals surface area contributed by atoms with E-state index in [-0.39, 0.29) is 16.9 Å². The lowest BCUT2D eigenvalue weighted by Gasteiger charge is -2.13. The van der Waals surface area contributed by atoms with Crippen LogP contribution in [0.25, 0.3) is 0 Å². The van der Waals surface area contributed by atoms with Gasteiger partial charge in [-0.1, -0.05) is 48.5 Å². The highest BCUT2D eigenvalue weighted by molar-refractivity contribution is 7.80. The molecule has 3 N–H and O–H groups in total. The van der Waals surface area contributed by atoms with Crippen LogP contribution in [-0.4, -0.2) is 30.1 Å². The minimum absolute atomic E-state index is 0.0992. The fourth-order valence-electron chi connectivity index (χ4n) is 3.03. The molecule has 32 heavy (non-hydrogen) atoms. The summed E-state index contributed by atoms with van der Waals surface area (Å²) >= 11 is 5.27. The van der Waals surface area contributed by atoms with Crippen LogP contribution < -0.4 is 20.7 Å². The van der Waals surface area contributed by atoms with Crippen LogP contribution in [0, 0.1) is 0 Å². The van der Waals surface area contributed by atoms with Crippen molar-refractivity contribution in [1.82, 2.24) is 10.6 Å². The fraction of sp³-hybridized carbons (Fsp3) is 0.160. The van der Waals surface area contributed by atoms with Crippen molar-refractivity contribution in [1.29, 1.82) is 0 Å². The molecule has 0 spiro atoms. The summed E-state index contributed by atoms with van der Waals surface area (Å²) in [6.45, 7) is 2.86. The van der Waals surface area contributed by atoms with Gasteiger partial charge in [-0.2, -0.15) is 0 Å². The van der Waals surface area contributed by atoms with E-state index in [2.05, 4.69) is 16.0 Å². The van der Waals surface area contributed by atoms with Crippen LogP contribution in [-0.2, 0) is 6.42 Å². The van der Waals surface area contributed by atoms with E-state index in [4.69, 9.17) is 17.0 Å². The maximum absolute atomic E-state index is 12.6. The number of carbonyl (C=O) groups is 2. The Morgan fingerprint density at radius 1 is 0.906 bits per heavy atom. The quantitative estimate of drug-likeness (QED) is 0.452. The van der Waals surface area contributed by atoms with Crippen molar-refractivity contribution in [2.45, 2.75) is 13.3 Å². The van der Waals surface area contributed by atoms with Crippen molar-refractivity contribution in [2.75, 3.05) is 18.5 Å². The molecule has 7 heteroatoms. The van der Waals surface area contributed by atoms with Gasteiger partial charge in [-0.25, -0.2) is 0 Å². The van der Waals surface area contributed by atoms with Crippen molar-refractivity contribution < 1.29 is 14.3 Å². The van der Waals surface area contributed by atoms with Crippen molar-refractivity contribution in [3.05, 3.63) is 95.6 Å². The molecule has 164 valence electrons. The topological polar surface area (TPSA) is 79.5 Å². The maximum Gasteiger partial charge on any atom is 0.257 e. The number of hydrogen-bond donors (Lipinski definition) is 3. The molecule has 0 heterocycles. The minimum atomic E-state index is -0.369. The number of benzene rings is 3. The van der Waals surface area contributed by atoms with Crippen LogP contribution in [0.4, 0.5) is 5.69 Å². The largest absolute Gasteiger partial charge is 0.493 e. The van der Waals surface area contributed by atoms with Crippen LogP contribution in [0.1, 0.15) is 33.2 Å². The second kappa shape index (κ2) is 11.6. The number of anilines is 1. The Morgan fingerprint density at radius 3 is 2.44 bits per heavy atom.